The van der Waals surface area contributed by atoms with E-state index in [2.05, 4.69) is 0 Å². The minimum absolute atomic E-state index is 1.13. The van der Waals surface area contributed by atoms with E-state index in [9.17, 15) is 9.36 Å². The normalized spacial score (nSPS) is 13.0. The van der Waals surface area contributed by atoms with E-state index >= 15 is 0 Å². The maximum absolute atomic E-state index is 10.1. The van der Waals surface area contributed by atoms with Crippen molar-refractivity contribution in [2.45, 2.75) is 5.91 Å². The van der Waals surface area contributed by atoms with E-state index in [4.69, 9.17) is 25.1 Å². The second-order valence-corrected chi connectivity index (χ2v) is 3.62. The minimum Gasteiger partial charge on any atom is -0.476 e. The van der Waals surface area contributed by atoms with Crippen molar-refractivity contribution in [1.82, 2.24) is 5.32 Å². The van der Waals surface area contributed by atoms with Gasteiger partial charge in [-0.3, -0.25) is 4.57 Å². The van der Waals surface area contributed by atoms with Gasteiger partial charge in [0, 0.05) is 0 Å². The largest absolute Gasteiger partial charge is 0.476 e. The fourth-order valence-corrected chi connectivity index (χ4v) is 0.715. The lowest BCUT2D eigenvalue weighted by Crippen LogP contribution is -2.52. The van der Waals surface area contributed by atoms with Crippen molar-refractivity contribution in [3.05, 3.63) is 0 Å². The molecule has 0 atom stereocenters. The lowest BCUT2D eigenvalue weighted by molar-refractivity contribution is -0.213. The zero-order valence-corrected chi connectivity index (χ0v) is 6.60. The number of aliphatic hydroxyl groups is 2. The van der Waals surface area contributed by atoms with Crippen LogP contribution >= 0.6 is 7.60 Å². The minimum atomic E-state index is -4.50. The molecule has 0 saturated carbocycles. The van der Waals surface area contributed by atoms with Gasteiger partial charge >= 0.3 is 19.5 Å². The molecule has 0 aromatic carbocycles. The van der Waals surface area contributed by atoms with Gasteiger partial charge in [0.05, 0.1) is 0 Å². The Balaban J connectivity index is 4.10. The van der Waals surface area contributed by atoms with Crippen LogP contribution in [0.2, 0.25) is 0 Å². The number of rotatable bonds is 4. The van der Waals surface area contributed by atoms with Crippen molar-refractivity contribution in [2.24, 2.45) is 0 Å². The van der Waals surface area contributed by atoms with Crippen LogP contribution in [0.5, 0.6) is 0 Å². The molecule has 6 N–H and O–H groups in total. The van der Waals surface area contributed by atoms with E-state index in [0.717, 1.165) is 0 Å². The lowest BCUT2D eigenvalue weighted by Gasteiger charge is -2.17. The van der Waals surface area contributed by atoms with Gasteiger partial charge in [-0.15, -0.1) is 0 Å². The Hall–Kier alpha value is -0.500. The van der Waals surface area contributed by atoms with Gasteiger partial charge in [0.15, 0.2) is 0 Å². The van der Waals surface area contributed by atoms with Gasteiger partial charge in [0.1, 0.15) is 6.29 Å². The fraction of sp³-hybridized carbons (Fsp3) is 0.667. The summed E-state index contributed by atoms with van der Waals surface area (Å²) in [5.74, 6) is -5.36. The number of carboxylic acid groups (broad SMARTS) is 1. The second kappa shape index (κ2) is 3.48. The zero-order chi connectivity index (χ0) is 9.99. The molecule has 8 nitrogen and oxygen atoms in total. The van der Waals surface area contributed by atoms with Crippen LogP contribution in [-0.4, -0.2) is 43.3 Å². The smallest absolute Gasteiger partial charge is 0.381 e. The number of carbonyl (C=O) groups is 1. The highest BCUT2D eigenvalue weighted by atomic mass is 31.2. The summed E-state index contributed by atoms with van der Waals surface area (Å²) in [5.41, 5.74) is 0. The third-order valence-corrected chi connectivity index (χ3v) is 1.40. The molecular formula is C3H8NO7P. The van der Waals surface area contributed by atoms with Crippen molar-refractivity contribution >= 4 is 13.6 Å². The van der Waals surface area contributed by atoms with Crippen LogP contribution < -0.4 is 5.32 Å². The Labute approximate surface area is 66.6 Å². The third-order valence-electron chi connectivity index (χ3n) is 0.830. The van der Waals surface area contributed by atoms with E-state index in [1.807, 2.05) is 0 Å². The van der Waals surface area contributed by atoms with Crippen LogP contribution in [0.4, 0.5) is 0 Å². The summed E-state index contributed by atoms with van der Waals surface area (Å²) in [6.45, 7) is 0. The van der Waals surface area contributed by atoms with Crippen molar-refractivity contribution in [2.75, 3.05) is 6.29 Å². The predicted octanol–water partition coefficient (Wildman–Crippen LogP) is -2.57. The highest BCUT2D eigenvalue weighted by Crippen LogP contribution is 2.32. The highest BCUT2D eigenvalue weighted by Gasteiger charge is 2.34. The zero-order valence-electron chi connectivity index (χ0n) is 5.71. The summed E-state index contributed by atoms with van der Waals surface area (Å²) in [5, 5.41) is 26.3. The summed E-state index contributed by atoms with van der Waals surface area (Å²) < 4.78 is 10.1. The van der Waals surface area contributed by atoms with Crippen LogP contribution in [-0.2, 0) is 9.36 Å². The lowest BCUT2D eigenvalue weighted by atomic mass is 10.5. The third kappa shape index (κ3) is 4.39. The Kier molecular flexibility index (Phi) is 3.34. The van der Waals surface area contributed by atoms with Gasteiger partial charge in [0.25, 0.3) is 0 Å². The maximum Gasteiger partial charge on any atom is 0.381 e. The Morgan fingerprint density at radius 1 is 1.42 bits per heavy atom. The van der Waals surface area contributed by atoms with E-state index in [-0.39, 0.29) is 0 Å². The van der Waals surface area contributed by atoms with Gasteiger partial charge in [-0.1, -0.05) is 0 Å². The van der Waals surface area contributed by atoms with Crippen LogP contribution in [0.1, 0.15) is 0 Å². The quantitative estimate of drug-likeness (QED) is 0.215. The molecule has 0 unspecified atom stereocenters. The summed E-state index contributed by atoms with van der Waals surface area (Å²) in [6, 6.07) is 0. The van der Waals surface area contributed by atoms with E-state index in [1.54, 1.807) is 0 Å². The molecule has 0 amide bonds. The summed E-state index contributed by atoms with van der Waals surface area (Å²) in [6.07, 6.45) is -1.13. The molecule has 0 rings (SSSR count). The van der Waals surface area contributed by atoms with Gasteiger partial charge in [-0.05, 0) is 0 Å². The van der Waals surface area contributed by atoms with Gasteiger partial charge in [-0.2, -0.15) is 0 Å². The second-order valence-electron chi connectivity index (χ2n) is 1.98. The fourth-order valence-electron chi connectivity index (χ4n) is 0.289. The molecular weight excluding hydrogens is 193 g/mol. The molecule has 0 fully saturated rings. The topological polar surface area (TPSA) is 147 Å². The van der Waals surface area contributed by atoms with Crippen molar-refractivity contribution in [1.29, 1.82) is 0 Å². The first-order chi connectivity index (χ1) is 5.15. The summed E-state index contributed by atoms with van der Waals surface area (Å²) in [7, 11) is -4.50. The number of aliphatic carboxylic acids is 1. The number of nitrogens with one attached hydrogen (secondary N) is 1. The SMILES string of the molecule is O=C(O)C(O)(O)NCP(=O)(O)O. The van der Waals surface area contributed by atoms with Crippen LogP contribution in [0.15, 0.2) is 0 Å². The predicted molar refractivity (Wildman–Crippen MR) is 34.9 cm³/mol. The van der Waals surface area contributed by atoms with Crippen LogP contribution in [0.3, 0.4) is 0 Å². The molecule has 0 bridgehead atoms. The van der Waals surface area contributed by atoms with Crippen molar-refractivity contribution in [3.8, 4) is 0 Å². The van der Waals surface area contributed by atoms with Gasteiger partial charge in [-0.25, -0.2) is 10.1 Å². The molecule has 0 radical (unpaired) electrons. The Morgan fingerprint density at radius 3 is 2.08 bits per heavy atom. The standard InChI is InChI=1S/C3H8NO7P/c5-2(6)3(7,8)4-1-12(9,10)11/h4,7-8H,1H2,(H,5,6)(H2,9,10,11). The molecule has 0 aromatic heterocycles. The van der Waals surface area contributed by atoms with Crippen LogP contribution in [0.25, 0.3) is 0 Å². The molecule has 0 aromatic rings. The summed E-state index contributed by atoms with van der Waals surface area (Å²) >= 11 is 0. The number of hydrogen-bond acceptors (Lipinski definition) is 5. The Bertz CT molecular complexity index is 219. The number of carboxylic acids is 1. The van der Waals surface area contributed by atoms with Crippen molar-refractivity contribution < 1.29 is 34.5 Å². The van der Waals surface area contributed by atoms with Crippen LogP contribution in [0, 0.1) is 0 Å². The molecule has 12 heavy (non-hydrogen) atoms. The molecule has 0 aliphatic heterocycles. The molecule has 0 saturated heterocycles. The van der Waals surface area contributed by atoms with E-state index < -0.39 is 25.8 Å². The first kappa shape index (κ1) is 11.5. The van der Waals surface area contributed by atoms with Gasteiger partial charge < -0.3 is 25.1 Å². The first-order valence-electron chi connectivity index (χ1n) is 2.63. The molecule has 0 aliphatic carbocycles. The van der Waals surface area contributed by atoms with E-state index in [1.165, 1.54) is 5.32 Å². The molecule has 0 aliphatic rings. The van der Waals surface area contributed by atoms with Gasteiger partial charge in [0.2, 0.25) is 0 Å². The highest BCUT2D eigenvalue weighted by molar-refractivity contribution is 7.51. The average Bonchev–Trinajstić information content (AvgIpc) is 1.82. The average molecular weight is 201 g/mol. The summed E-state index contributed by atoms with van der Waals surface area (Å²) in [4.78, 5) is 26.3. The van der Waals surface area contributed by atoms with E-state index in [0.29, 0.717) is 0 Å². The molecule has 72 valence electrons. The first-order valence-corrected chi connectivity index (χ1v) is 4.42. The maximum atomic E-state index is 10.1. The Morgan fingerprint density at radius 2 is 1.83 bits per heavy atom. The van der Waals surface area contributed by atoms with Crippen molar-refractivity contribution in [3.63, 3.8) is 0 Å². The number of hydrogen-bond donors (Lipinski definition) is 6. The monoisotopic (exact) mass is 201 g/mol. The molecule has 0 spiro atoms. The molecule has 9 heteroatoms. The molecule has 0 heterocycles.